The number of aryl methyl sites for hydroxylation is 3. The van der Waals surface area contributed by atoms with E-state index in [1.807, 2.05) is 18.2 Å². The van der Waals surface area contributed by atoms with Crippen LogP contribution in [0.2, 0.25) is 0 Å². The summed E-state index contributed by atoms with van der Waals surface area (Å²) in [5.74, 6) is 1.51. The minimum atomic E-state index is -2.50. The lowest BCUT2D eigenvalue weighted by molar-refractivity contribution is 0.387. The molecule has 1 atom stereocenters. The Kier molecular flexibility index (Phi) is 8.19. The summed E-state index contributed by atoms with van der Waals surface area (Å²) in [4.78, 5) is 0. The van der Waals surface area contributed by atoms with Gasteiger partial charge in [-0.1, -0.05) is 43.5 Å². The van der Waals surface area contributed by atoms with Crippen molar-refractivity contribution in [3.8, 4) is 11.5 Å². The predicted octanol–water partition coefficient (Wildman–Crippen LogP) is 6.88. The number of unbranched alkanes of at least 4 members (excludes halogenated alkanes) is 2. The van der Waals surface area contributed by atoms with Crippen LogP contribution in [0.4, 0.5) is 0 Å². The Bertz CT molecular complexity index is 796. The second kappa shape index (κ2) is 10.2. The number of ether oxygens (including phenoxy) is 2. The van der Waals surface area contributed by atoms with Crippen molar-refractivity contribution in [1.82, 2.24) is 0 Å². The van der Waals surface area contributed by atoms with Gasteiger partial charge >= 0.3 is 0 Å². The molecular weight excluding hydrogens is 367 g/mol. The van der Waals surface area contributed by atoms with E-state index < -0.39 is 7.14 Å². The van der Waals surface area contributed by atoms with Crippen LogP contribution >= 0.6 is 7.14 Å². The molecule has 0 fully saturated rings. The smallest absolute Gasteiger partial charge is 0.126 e. The van der Waals surface area contributed by atoms with Crippen LogP contribution in [-0.4, -0.2) is 20.4 Å². The highest BCUT2D eigenvalue weighted by Crippen LogP contribution is 2.56. The van der Waals surface area contributed by atoms with Crippen molar-refractivity contribution < 1.29 is 14.0 Å². The van der Waals surface area contributed by atoms with Crippen molar-refractivity contribution in [2.24, 2.45) is 0 Å². The van der Waals surface area contributed by atoms with Crippen LogP contribution in [-0.2, 0) is 16.9 Å². The minimum absolute atomic E-state index is 0.511. The van der Waals surface area contributed by atoms with E-state index in [0.717, 1.165) is 42.5 Å². The molecule has 0 aliphatic carbocycles. The van der Waals surface area contributed by atoms with Crippen molar-refractivity contribution >= 4 is 7.14 Å². The first-order chi connectivity index (χ1) is 13.3. The van der Waals surface area contributed by atoms with Gasteiger partial charge < -0.3 is 14.0 Å². The Hall–Kier alpha value is -1.73. The molecule has 0 radical (unpaired) electrons. The van der Waals surface area contributed by atoms with E-state index in [9.17, 15) is 4.57 Å². The molecule has 0 aromatic heterocycles. The lowest BCUT2D eigenvalue weighted by Crippen LogP contribution is -2.05. The van der Waals surface area contributed by atoms with E-state index in [0.29, 0.717) is 12.3 Å². The molecule has 4 heteroatoms. The highest BCUT2D eigenvalue weighted by molar-refractivity contribution is 7.62. The van der Waals surface area contributed by atoms with Gasteiger partial charge in [-0.15, -0.1) is 0 Å². The first-order valence-electron chi connectivity index (χ1n) is 10.2. The summed E-state index contributed by atoms with van der Waals surface area (Å²) in [6.45, 7) is 8.57. The van der Waals surface area contributed by atoms with Gasteiger partial charge in [0.1, 0.15) is 11.5 Å². The van der Waals surface area contributed by atoms with E-state index in [1.54, 1.807) is 14.2 Å². The van der Waals surface area contributed by atoms with Gasteiger partial charge in [0.2, 0.25) is 0 Å². The molecular formula is C24H35O3P. The van der Waals surface area contributed by atoms with Crippen LogP contribution in [0.5, 0.6) is 11.5 Å². The van der Waals surface area contributed by atoms with E-state index in [-0.39, 0.29) is 0 Å². The molecule has 0 amide bonds. The van der Waals surface area contributed by atoms with Crippen LogP contribution in [0.25, 0.3) is 0 Å². The van der Waals surface area contributed by atoms with E-state index in [1.165, 1.54) is 22.3 Å². The molecule has 28 heavy (non-hydrogen) atoms. The van der Waals surface area contributed by atoms with E-state index in [4.69, 9.17) is 9.47 Å². The van der Waals surface area contributed by atoms with Gasteiger partial charge in [-0.05, 0) is 56.0 Å². The third-order valence-corrected chi connectivity index (χ3v) is 8.35. The molecule has 3 nitrogen and oxygen atoms in total. The first-order valence-corrected chi connectivity index (χ1v) is 12.4. The maximum atomic E-state index is 14.2. The average molecular weight is 403 g/mol. The molecule has 154 valence electrons. The number of hydrogen-bond acceptors (Lipinski definition) is 3. The first kappa shape index (κ1) is 22.6. The van der Waals surface area contributed by atoms with Gasteiger partial charge in [0.25, 0.3) is 0 Å². The zero-order valence-electron chi connectivity index (χ0n) is 18.3. The van der Waals surface area contributed by atoms with Crippen molar-refractivity contribution in [2.75, 3.05) is 20.4 Å². The molecule has 0 saturated heterocycles. The molecule has 0 bridgehead atoms. The fraction of sp³-hybridized carbons (Fsp3) is 0.500. The Balaban J connectivity index is 2.44. The molecule has 1 unspecified atom stereocenters. The summed E-state index contributed by atoms with van der Waals surface area (Å²) in [6, 6.07) is 10.2. The lowest BCUT2D eigenvalue weighted by Gasteiger charge is -2.23. The van der Waals surface area contributed by atoms with Crippen LogP contribution < -0.4 is 9.47 Å². The van der Waals surface area contributed by atoms with Gasteiger partial charge in [-0.3, -0.25) is 0 Å². The monoisotopic (exact) mass is 402 g/mol. The molecule has 0 spiro atoms. The number of hydrogen-bond donors (Lipinski definition) is 0. The molecule has 2 rings (SSSR count). The fourth-order valence-electron chi connectivity index (χ4n) is 3.98. The van der Waals surface area contributed by atoms with Crippen LogP contribution in [0.3, 0.4) is 0 Å². The zero-order chi connectivity index (χ0) is 20.7. The predicted molar refractivity (Wildman–Crippen MR) is 120 cm³/mol. The quantitative estimate of drug-likeness (QED) is 0.321. The Labute approximate surface area is 170 Å². The van der Waals surface area contributed by atoms with Crippen molar-refractivity contribution in [1.29, 1.82) is 0 Å². The number of rotatable bonds is 10. The molecule has 2 aromatic rings. The Morgan fingerprint density at radius 2 is 1.39 bits per heavy atom. The second-order valence-corrected chi connectivity index (χ2v) is 11.0. The van der Waals surface area contributed by atoms with Gasteiger partial charge in [-0.2, -0.15) is 0 Å². The van der Waals surface area contributed by atoms with Gasteiger partial charge in [0.05, 0.1) is 21.4 Å². The van der Waals surface area contributed by atoms with Crippen molar-refractivity contribution in [3.05, 3.63) is 58.1 Å². The lowest BCUT2D eigenvalue weighted by atomic mass is 10.0. The Morgan fingerprint density at radius 3 is 1.89 bits per heavy atom. The molecule has 2 aromatic carbocycles. The molecule has 0 aliphatic heterocycles. The summed E-state index contributed by atoms with van der Waals surface area (Å²) in [5.41, 5.74) is 5.89. The van der Waals surface area contributed by atoms with Crippen LogP contribution in [0.15, 0.2) is 30.3 Å². The highest BCUT2D eigenvalue weighted by atomic mass is 31.2. The minimum Gasteiger partial charge on any atom is -0.496 e. The maximum Gasteiger partial charge on any atom is 0.126 e. The van der Waals surface area contributed by atoms with Gasteiger partial charge in [0.15, 0.2) is 0 Å². The number of methoxy groups -OCH3 is 2. The van der Waals surface area contributed by atoms with Gasteiger partial charge in [0, 0.05) is 24.0 Å². The average Bonchev–Trinajstić information content (AvgIpc) is 2.65. The third kappa shape index (κ3) is 5.64. The van der Waals surface area contributed by atoms with E-state index in [2.05, 4.69) is 39.8 Å². The largest absolute Gasteiger partial charge is 0.496 e. The molecule has 0 N–H and O–H groups in total. The maximum absolute atomic E-state index is 14.2. The second-order valence-electron chi connectivity index (χ2n) is 7.82. The summed E-state index contributed by atoms with van der Waals surface area (Å²) in [6.07, 6.45) is 5.13. The zero-order valence-corrected chi connectivity index (χ0v) is 19.2. The molecule has 0 heterocycles. The topological polar surface area (TPSA) is 35.5 Å². The summed E-state index contributed by atoms with van der Waals surface area (Å²) in [7, 11) is 0.820. The molecule has 0 aliphatic rings. The molecule has 0 saturated carbocycles. The number of benzene rings is 2. The fourth-order valence-corrected chi connectivity index (χ4v) is 7.17. The highest BCUT2D eigenvalue weighted by Gasteiger charge is 2.27. The summed E-state index contributed by atoms with van der Waals surface area (Å²) >= 11 is 0. The Morgan fingerprint density at radius 1 is 0.857 bits per heavy atom. The SMILES string of the molecule is CCCCCP(=O)(Cc1c(C)cc(C)cc1C)Cc1c(OC)cccc1OC. The summed E-state index contributed by atoms with van der Waals surface area (Å²) in [5, 5.41) is 0. The third-order valence-electron chi connectivity index (χ3n) is 5.43. The summed E-state index contributed by atoms with van der Waals surface area (Å²) < 4.78 is 25.4. The standard InChI is InChI=1S/C24H35O3P/c1-7-8-9-13-28(25,16-21-19(3)14-18(2)15-20(21)4)17-22-23(26-5)11-10-12-24(22)27-6/h10-12,14-15H,7-9,13,16-17H2,1-6H3. The van der Waals surface area contributed by atoms with E-state index >= 15 is 0 Å². The van der Waals surface area contributed by atoms with Crippen molar-refractivity contribution in [2.45, 2.75) is 59.3 Å². The normalized spacial score (nSPS) is 13.2. The van der Waals surface area contributed by atoms with Crippen LogP contribution in [0.1, 0.15) is 54.0 Å². The van der Waals surface area contributed by atoms with Gasteiger partial charge in [-0.25, -0.2) is 0 Å². The van der Waals surface area contributed by atoms with Crippen LogP contribution in [0, 0.1) is 20.8 Å². The van der Waals surface area contributed by atoms with Crippen molar-refractivity contribution in [3.63, 3.8) is 0 Å².